The van der Waals surface area contributed by atoms with Crippen molar-refractivity contribution in [1.82, 2.24) is 10.2 Å². The van der Waals surface area contributed by atoms with Gasteiger partial charge in [0.15, 0.2) is 0 Å². The molecule has 2 aromatic rings. The zero-order valence-electron chi connectivity index (χ0n) is 18.2. The van der Waals surface area contributed by atoms with E-state index in [-0.39, 0.29) is 12.0 Å². The minimum absolute atomic E-state index is 0.0547. The number of morpholine rings is 1. The Balaban J connectivity index is 1.28. The standard InChI is InChI=1S/C25H34N2O3/c1-20-11-12-21(2)24(16-20)30-14-7-6-10-25(28)26-17-23-19-27(13-15-29-23)18-22-8-4-3-5-9-22/h3-5,8-9,11-12,16,23H,6-7,10,13-15,17-19H2,1-2H3,(H,26,28). The van der Waals surface area contributed by atoms with Crippen molar-refractivity contribution in [3.05, 3.63) is 65.2 Å². The lowest BCUT2D eigenvalue weighted by Crippen LogP contribution is -2.47. The molecule has 1 saturated heterocycles. The average Bonchev–Trinajstić information content (AvgIpc) is 2.75. The Kier molecular flexibility index (Phi) is 8.72. The molecule has 1 N–H and O–H groups in total. The summed E-state index contributed by atoms with van der Waals surface area (Å²) in [6.07, 6.45) is 2.27. The fraction of sp³-hybridized carbons (Fsp3) is 0.480. The molecule has 1 aliphatic rings. The summed E-state index contributed by atoms with van der Waals surface area (Å²) < 4.78 is 11.7. The van der Waals surface area contributed by atoms with Gasteiger partial charge in [0, 0.05) is 32.6 Å². The Morgan fingerprint density at radius 1 is 1.17 bits per heavy atom. The fourth-order valence-electron chi connectivity index (χ4n) is 3.64. The SMILES string of the molecule is Cc1ccc(C)c(OCCCCC(=O)NCC2CN(Cc3ccccc3)CCO2)c1. The van der Waals surface area contributed by atoms with Gasteiger partial charge in [0.05, 0.1) is 19.3 Å². The van der Waals surface area contributed by atoms with Crippen LogP contribution in [0, 0.1) is 13.8 Å². The molecule has 1 unspecified atom stereocenters. The van der Waals surface area contributed by atoms with Crippen molar-refractivity contribution in [2.75, 3.05) is 32.8 Å². The lowest BCUT2D eigenvalue weighted by Gasteiger charge is -2.33. The van der Waals surface area contributed by atoms with E-state index in [2.05, 4.69) is 66.5 Å². The molecule has 0 saturated carbocycles. The number of hydrogen-bond donors (Lipinski definition) is 1. The Hall–Kier alpha value is -2.37. The van der Waals surface area contributed by atoms with Gasteiger partial charge in [-0.1, -0.05) is 42.5 Å². The highest BCUT2D eigenvalue weighted by molar-refractivity contribution is 5.75. The largest absolute Gasteiger partial charge is 0.493 e. The van der Waals surface area contributed by atoms with E-state index in [1.54, 1.807) is 0 Å². The quantitative estimate of drug-likeness (QED) is 0.604. The van der Waals surface area contributed by atoms with E-state index in [9.17, 15) is 4.79 Å². The highest BCUT2D eigenvalue weighted by Crippen LogP contribution is 2.19. The second-order valence-corrected chi connectivity index (χ2v) is 8.09. The first-order valence-electron chi connectivity index (χ1n) is 10.9. The summed E-state index contributed by atoms with van der Waals surface area (Å²) in [5.41, 5.74) is 3.65. The first kappa shape index (κ1) is 22.3. The molecule has 30 heavy (non-hydrogen) atoms. The van der Waals surface area contributed by atoms with Crippen LogP contribution >= 0.6 is 0 Å². The maximum atomic E-state index is 12.2. The van der Waals surface area contributed by atoms with Crippen LogP contribution in [0.3, 0.4) is 0 Å². The van der Waals surface area contributed by atoms with E-state index < -0.39 is 0 Å². The zero-order valence-corrected chi connectivity index (χ0v) is 18.2. The van der Waals surface area contributed by atoms with Crippen LogP contribution in [0.25, 0.3) is 0 Å². The van der Waals surface area contributed by atoms with Gasteiger partial charge in [-0.25, -0.2) is 0 Å². The number of nitrogens with one attached hydrogen (secondary N) is 1. The predicted molar refractivity (Wildman–Crippen MR) is 120 cm³/mol. The maximum Gasteiger partial charge on any atom is 0.220 e. The third-order valence-electron chi connectivity index (χ3n) is 5.40. The number of ether oxygens (including phenoxy) is 2. The van der Waals surface area contributed by atoms with Gasteiger partial charge in [0.25, 0.3) is 0 Å². The van der Waals surface area contributed by atoms with Crippen molar-refractivity contribution in [1.29, 1.82) is 0 Å². The van der Waals surface area contributed by atoms with Crippen LogP contribution in [0.5, 0.6) is 5.75 Å². The summed E-state index contributed by atoms with van der Waals surface area (Å²) in [4.78, 5) is 14.6. The molecule has 5 nitrogen and oxygen atoms in total. The molecular weight excluding hydrogens is 376 g/mol. The highest BCUT2D eigenvalue weighted by Gasteiger charge is 2.20. The number of aryl methyl sites for hydroxylation is 2. The number of benzene rings is 2. The number of carbonyl (C=O) groups excluding carboxylic acids is 1. The molecule has 0 spiro atoms. The van der Waals surface area contributed by atoms with Gasteiger partial charge in [-0.3, -0.25) is 9.69 Å². The van der Waals surface area contributed by atoms with Gasteiger partial charge < -0.3 is 14.8 Å². The van der Waals surface area contributed by atoms with Crippen molar-refractivity contribution in [2.24, 2.45) is 0 Å². The number of amides is 1. The molecule has 1 fully saturated rings. The van der Waals surface area contributed by atoms with Crippen LogP contribution in [-0.4, -0.2) is 49.8 Å². The highest BCUT2D eigenvalue weighted by atomic mass is 16.5. The summed E-state index contributed by atoms with van der Waals surface area (Å²) in [5, 5.41) is 3.03. The molecule has 5 heteroatoms. The Labute approximate surface area is 180 Å². The molecule has 3 rings (SSSR count). The minimum atomic E-state index is 0.0547. The van der Waals surface area contributed by atoms with Crippen molar-refractivity contribution < 1.29 is 14.3 Å². The van der Waals surface area contributed by atoms with Gasteiger partial charge in [-0.05, 0) is 49.4 Å². The Bertz CT molecular complexity index is 794. The van der Waals surface area contributed by atoms with Crippen molar-refractivity contribution in [2.45, 2.75) is 45.8 Å². The van der Waals surface area contributed by atoms with Crippen LogP contribution in [0.4, 0.5) is 0 Å². The van der Waals surface area contributed by atoms with Crippen LogP contribution in [0.1, 0.15) is 36.0 Å². The minimum Gasteiger partial charge on any atom is -0.493 e. The number of rotatable bonds is 10. The Morgan fingerprint density at radius 3 is 2.83 bits per heavy atom. The summed E-state index contributed by atoms with van der Waals surface area (Å²) in [6.45, 7) is 8.74. The van der Waals surface area contributed by atoms with E-state index >= 15 is 0 Å². The van der Waals surface area contributed by atoms with E-state index in [1.807, 2.05) is 6.07 Å². The summed E-state index contributed by atoms with van der Waals surface area (Å²) in [6, 6.07) is 16.7. The molecule has 162 valence electrons. The normalized spacial score (nSPS) is 16.9. The topological polar surface area (TPSA) is 50.8 Å². The van der Waals surface area contributed by atoms with Gasteiger partial charge >= 0.3 is 0 Å². The zero-order chi connectivity index (χ0) is 21.2. The second kappa shape index (κ2) is 11.7. The van der Waals surface area contributed by atoms with Gasteiger partial charge in [-0.2, -0.15) is 0 Å². The molecule has 0 aromatic heterocycles. The maximum absolute atomic E-state index is 12.2. The van der Waals surface area contributed by atoms with E-state index in [4.69, 9.17) is 9.47 Å². The van der Waals surface area contributed by atoms with Crippen molar-refractivity contribution in [3.63, 3.8) is 0 Å². The molecule has 0 radical (unpaired) electrons. The van der Waals surface area contributed by atoms with E-state index in [1.165, 1.54) is 11.1 Å². The smallest absolute Gasteiger partial charge is 0.220 e. The third kappa shape index (κ3) is 7.47. The average molecular weight is 411 g/mol. The second-order valence-electron chi connectivity index (χ2n) is 8.09. The molecule has 0 aliphatic carbocycles. The third-order valence-corrected chi connectivity index (χ3v) is 5.40. The fourth-order valence-corrected chi connectivity index (χ4v) is 3.64. The van der Waals surface area contributed by atoms with E-state index in [0.717, 1.165) is 43.8 Å². The lowest BCUT2D eigenvalue weighted by atomic mass is 10.1. The van der Waals surface area contributed by atoms with Gasteiger partial charge in [0.2, 0.25) is 5.91 Å². The van der Waals surface area contributed by atoms with Crippen LogP contribution in [0.2, 0.25) is 0 Å². The number of carbonyl (C=O) groups is 1. The van der Waals surface area contributed by atoms with Gasteiger partial charge in [0.1, 0.15) is 5.75 Å². The molecule has 2 aromatic carbocycles. The summed E-state index contributed by atoms with van der Waals surface area (Å²) >= 11 is 0. The number of hydrogen-bond acceptors (Lipinski definition) is 4. The van der Waals surface area contributed by atoms with Crippen LogP contribution in [-0.2, 0) is 16.1 Å². The molecule has 0 bridgehead atoms. The van der Waals surface area contributed by atoms with Gasteiger partial charge in [-0.15, -0.1) is 0 Å². The van der Waals surface area contributed by atoms with E-state index in [0.29, 0.717) is 26.2 Å². The van der Waals surface area contributed by atoms with Crippen LogP contribution in [0.15, 0.2) is 48.5 Å². The summed E-state index contributed by atoms with van der Waals surface area (Å²) in [5.74, 6) is 1.03. The molecule has 1 heterocycles. The predicted octanol–water partition coefficient (Wildman–Crippen LogP) is 3.87. The van der Waals surface area contributed by atoms with Crippen molar-refractivity contribution >= 4 is 5.91 Å². The van der Waals surface area contributed by atoms with Crippen molar-refractivity contribution in [3.8, 4) is 5.75 Å². The Morgan fingerprint density at radius 2 is 2.00 bits per heavy atom. The van der Waals surface area contributed by atoms with Crippen LogP contribution < -0.4 is 10.1 Å². The first-order valence-corrected chi connectivity index (χ1v) is 10.9. The lowest BCUT2D eigenvalue weighted by molar-refractivity contribution is -0.122. The summed E-state index contributed by atoms with van der Waals surface area (Å²) in [7, 11) is 0. The molecular formula is C25H34N2O3. The number of unbranched alkanes of at least 4 members (excludes halogenated alkanes) is 1. The molecule has 1 atom stereocenters. The molecule has 1 amide bonds. The molecule has 1 aliphatic heterocycles. The first-order chi connectivity index (χ1) is 14.6. The monoisotopic (exact) mass is 410 g/mol. The number of nitrogens with zero attached hydrogens (tertiary/aromatic N) is 1.